The normalized spacial score (nSPS) is 18.6. The molecule has 0 saturated heterocycles. The maximum absolute atomic E-state index is 12.4. The quantitative estimate of drug-likeness (QED) is 0.727. The van der Waals surface area contributed by atoms with E-state index in [1.54, 1.807) is 12.1 Å². The predicted octanol–water partition coefficient (Wildman–Crippen LogP) is 1.61. The average Bonchev–Trinajstić information content (AvgIpc) is 3.36. The van der Waals surface area contributed by atoms with Crippen molar-refractivity contribution in [3.05, 3.63) is 17.2 Å². The Morgan fingerprint density at radius 3 is 2.40 bits per heavy atom. The van der Waals surface area contributed by atoms with E-state index in [-0.39, 0.29) is 23.7 Å². The van der Waals surface area contributed by atoms with Gasteiger partial charge in [-0.05, 0) is 20.5 Å². The number of amides is 2. The molecule has 8 heteroatoms. The zero-order valence-corrected chi connectivity index (χ0v) is 15.6. The molecule has 0 bridgehead atoms. The van der Waals surface area contributed by atoms with Crippen molar-refractivity contribution in [1.29, 1.82) is 0 Å². The molecule has 2 N–H and O–H groups in total. The zero-order chi connectivity index (χ0) is 18.6. The standard InChI is InChI=1S/C17H24ClN3O4/c1-21(2)6-5-19-16(22)10-7-11(10)17(23)20-13-9-14(24-3)12(18)8-15(13)25-4/h8-11H,5-7H2,1-4H3,(H,19,22)(H,20,23). The molecule has 7 nitrogen and oxygen atoms in total. The second-order valence-electron chi connectivity index (χ2n) is 6.22. The lowest BCUT2D eigenvalue weighted by Crippen LogP contribution is -2.33. The number of benzene rings is 1. The summed E-state index contributed by atoms with van der Waals surface area (Å²) in [5.41, 5.74) is 0.465. The maximum Gasteiger partial charge on any atom is 0.228 e. The molecule has 1 aromatic rings. The summed E-state index contributed by atoms with van der Waals surface area (Å²) in [6.45, 7) is 1.33. The van der Waals surface area contributed by atoms with Crippen molar-refractivity contribution < 1.29 is 19.1 Å². The van der Waals surface area contributed by atoms with Gasteiger partial charge in [-0.1, -0.05) is 11.6 Å². The lowest BCUT2D eigenvalue weighted by atomic mass is 10.2. The highest BCUT2D eigenvalue weighted by molar-refractivity contribution is 6.32. The van der Waals surface area contributed by atoms with Crippen LogP contribution in [-0.2, 0) is 9.59 Å². The van der Waals surface area contributed by atoms with Gasteiger partial charge in [0, 0.05) is 25.2 Å². The topological polar surface area (TPSA) is 79.9 Å². The van der Waals surface area contributed by atoms with Crippen LogP contribution in [0.4, 0.5) is 5.69 Å². The average molecular weight is 370 g/mol. The van der Waals surface area contributed by atoms with Crippen molar-refractivity contribution in [3.63, 3.8) is 0 Å². The molecule has 2 unspecified atom stereocenters. The summed E-state index contributed by atoms with van der Waals surface area (Å²) in [7, 11) is 6.86. The molecular formula is C17H24ClN3O4. The van der Waals surface area contributed by atoms with Gasteiger partial charge in [0.25, 0.3) is 0 Å². The third-order valence-electron chi connectivity index (χ3n) is 4.05. The number of likely N-dealkylation sites (N-methyl/N-ethyl adjacent to an activating group) is 1. The molecule has 0 spiro atoms. The van der Waals surface area contributed by atoms with Gasteiger partial charge in [0.15, 0.2) is 0 Å². The minimum atomic E-state index is -0.328. The molecule has 0 aromatic heterocycles. The lowest BCUT2D eigenvalue weighted by molar-refractivity contribution is -0.125. The number of anilines is 1. The molecule has 0 heterocycles. The van der Waals surface area contributed by atoms with Crippen LogP contribution in [0.25, 0.3) is 0 Å². The van der Waals surface area contributed by atoms with Crippen LogP contribution in [-0.4, -0.2) is 58.1 Å². The van der Waals surface area contributed by atoms with E-state index in [0.717, 1.165) is 6.54 Å². The summed E-state index contributed by atoms with van der Waals surface area (Å²) in [4.78, 5) is 26.4. The van der Waals surface area contributed by atoms with Crippen LogP contribution in [0.3, 0.4) is 0 Å². The highest BCUT2D eigenvalue weighted by atomic mass is 35.5. The highest BCUT2D eigenvalue weighted by Gasteiger charge is 2.48. The van der Waals surface area contributed by atoms with Gasteiger partial charge in [0.05, 0.1) is 36.8 Å². The Morgan fingerprint density at radius 1 is 1.16 bits per heavy atom. The third-order valence-corrected chi connectivity index (χ3v) is 4.35. The van der Waals surface area contributed by atoms with Crippen LogP contribution in [0, 0.1) is 11.8 Å². The van der Waals surface area contributed by atoms with Crippen molar-refractivity contribution in [2.24, 2.45) is 11.8 Å². The summed E-state index contributed by atoms with van der Waals surface area (Å²) in [5, 5.41) is 6.03. The fraction of sp³-hybridized carbons (Fsp3) is 0.529. The fourth-order valence-corrected chi connectivity index (χ4v) is 2.72. The first-order valence-electron chi connectivity index (χ1n) is 8.02. The van der Waals surface area contributed by atoms with Crippen molar-refractivity contribution in [3.8, 4) is 11.5 Å². The second kappa shape index (κ2) is 8.40. The fourth-order valence-electron chi connectivity index (χ4n) is 2.49. The van der Waals surface area contributed by atoms with E-state index in [4.69, 9.17) is 21.1 Å². The van der Waals surface area contributed by atoms with E-state index in [9.17, 15) is 9.59 Å². The van der Waals surface area contributed by atoms with Gasteiger partial charge in [-0.25, -0.2) is 0 Å². The Morgan fingerprint density at radius 2 is 1.80 bits per heavy atom. The number of halogens is 1. The van der Waals surface area contributed by atoms with Gasteiger partial charge >= 0.3 is 0 Å². The van der Waals surface area contributed by atoms with Gasteiger partial charge in [-0.3, -0.25) is 9.59 Å². The molecule has 0 radical (unpaired) electrons. The molecule has 0 aliphatic heterocycles. The van der Waals surface area contributed by atoms with E-state index in [0.29, 0.717) is 35.2 Å². The highest BCUT2D eigenvalue weighted by Crippen LogP contribution is 2.41. The van der Waals surface area contributed by atoms with Crippen LogP contribution in [0.15, 0.2) is 12.1 Å². The van der Waals surface area contributed by atoms with Gasteiger partial charge in [0.2, 0.25) is 11.8 Å². The number of rotatable bonds is 8. The number of hydrogen-bond acceptors (Lipinski definition) is 5. The Bertz CT molecular complexity index is 651. The van der Waals surface area contributed by atoms with Crippen molar-refractivity contribution in [2.75, 3.05) is 46.7 Å². The minimum Gasteiger partial charge on any atom is -0.495 e. The monoisotopic (exact) mass is 369 g/mol. The molecule has 1 aliphatic carbocycles. The van der Waals surface area contributed by atoms with Crippen LogP contribution >= 0.6 is 11.6 Å². The van der Waals surface area contributed by atoms with E-state index >= 15 is 0 Å². The van der Waals surface area contributed by atoms with Crippen molar-refractivity contribution in [2.45, 2.75) is 6.42 Å². The molecule has 1 saturated carbocycles. The number of ether oxygens (including phenoxy) is 2. The first-order chi connectivity index (χ1) is 11.9. The van der Waals surface area contributed by atoms with E-state index < -0.39 is 0 Å². The smallest absolute Gasteiger partial charge is 0.228 e. The first-order valence-corrected chi connectivity index (χ1v) is 8.40. The Kier molecular flexibility index (Phi) is 6.50. The van der Waals surface area contributed by atoms with Gasteiger partial charge < -0.3 is 25.0 Å². The van der Waals surface area contributed by atoms with Crippen molar-refractivity contribution >= 4 is 29.1 Å². The van der Waals surface area contributed by atoms with Crippen LogP contribution in [0.5, 0.6) is 11.5 Å². The third kappa shape index (κ3) is 4.99. The molecule has 138 valence electrons. The molecule has 2 amide bonds. The molecule has 25 heavy (non-hydrogen) atoms. The molecule has 1 aliphatic rings. The number of nitrogens with zero attached hydrogens (tertiary/aromatic N) is 1. The molecule has 1 aromatic carbocycles. The van der Waals surface area contributed by atoms with Crippen molar-refractivity contribution in [1.82, 2.24) is 10.2 Å². The van der Waals surface area contributed by atoms with Gasteiger partial charge in [-0.2, -0.15) is 0 Å². The molecule has 2 rings (SSSR count). The van der Waals surface area contributed by atoms with Gasteiger partial charge in [-0.15, -0.1) is 0 Å². The number of methoxy groups -OCH3 is 2. The minimum absolute atomic E-state index is 0.0809. The van der Waals surface area contributed by atoms with E-state index in [2.05, 4.69) is 10.6 Å². The largest absolute Gasteiger partial charge is 0.495 e. The van der Waals surface area contributed by atoms with Crippen LogP contribution in [0.2, 0.25) is 5.02 Å². The summed E-state index contributed by atoms with van der Waals surface area (Å²) in [5.74, 6) is -0.0236. The SMILES string of the molecule is COc1cc(NC(=O)C2CC2C(=O)NCCN(C)C)c(OC)cc1Cl. The van der Waals surface area contributed by atoms with E-state index in [1.807, 2.05) is 19.0 Å². The second-order valence-corrected chi connectivity index (χ2v) is 6.63. The predicted molar refractivity (Wildman–Crippen MR) is 96.3 cm³/mol. The molecule has 1 fully saturated rings. The Hall–Kier alpha value is -1.99. The number of nitrogens with one attached hydrogen (secondary N) is 2. The molecule has 2 atom stereocenters. The zero-order valence-electron chi connectivity index (χ0n) is 14.9. The molecular weight excluding hydrogens is 346 g/mol. The summed E-state index contributed by atoms with van der Waals surface area (Å²) < 4.78 is 10.4. The summed E-state index contributed by atoms with van der Waals surface area (Å²) in [6, 6.07) is 3.18. The summed E-state index contributed by atoms with van der Waals surface area (Å²) >= 11 is 6.05. The van der Waals surface area contributed by atoms with Crippen LogP contribution < -0.4 is 20.1 Å². The number of hydrogen-bond donors (Lipinski definition) is 2. The summed E-state index contributed by atoms with van der Waals surface area (Å²) in [6.07, 6.45) is 0.548. The lowest BCUT2D eigenvalue weighted by Gasteiger charge is -2.13. The maximum atomic E-state index is 12.4. The van der Waals surface area contributed by atoms with E-state index in [1.165, 1.54) is 14.2 Å². The Labute approximate surface area is 152 Å². The number of carbonyl (C=O) groups is 2. The Balaban J connectivity index is 1.94. The first kappa shape index (κ1) is 19.3. The number of carbonyl (C=O) groups excluding carboxylic acids is 2. The van der Waals surface area contributed by atoms with Gasteiger partial charge in [0.1, 0.15) is 11.5 Å². The van der Waals surface area contributed by atoms with Crippen LogP contribution in [0.1, 0.15) is 6.42 Å².